The number of rotatable bonds is 4. The standard InChI is InChI=1S/C14H16N2O3/c1-2-13-15-11-4-3-9(14(17)18)7-12(11)16(13)8-10-5-6-19-10/h3-4,7,10H,2,5-6,8H2,1H3,(H,17,18). The minimum absolute atomic E-state index is 0.233. The molecule has 1 N–H and O–H groups in total. The van der Waals surface area contributed by atoms with Crippen molar-refractivity contribution in [3.8, 4) is 0 Å². The highest BCUT2D eigenvalue weighted by atomic mass is 16.5. The summed E-state index contributed by atoms with van der Waals surface area (Å²) in [5.41, 5.74) is 2.03. The van der Waals surface area contributed by atoms with Gasteiger partial charge in [-0.25, -0.2) is 9.78 Å². The van der Waals surface area contributed by atoms with Crippen LogP contribution >= 0.6 is 0 Å². The second kappa shape index (κ2) is 4.66. The van der Waals surface area contributed by atoms with Crippen LogP contribution in [0.3, 0.4) is 0 Å². The third-order valence-corrected chi connectivity index (χ3v) is 3.57. The van der Waals surface area contributed by atoms with E-state index < -0.39 is 5.97 Å². The number of aromatic nitrogens is 2. The first kappa shape index (κ1) is 12.2. The summed E-state index contributed by atoms with van der Waals surface area (Å²) in [4.78, 5) is 15.6. The molecule has 0 aliphatic carbocycles. The summed E-state index contributed by atoms with van der Waals surface area (Å²) in [6, 6.07) is 5.07. The van der Waals surface area contributed by atoms with Gasteiger partial charge < -0.3 is 14.4 Å². The predicted octanol–water partition coefficient (Wildman–Crippen LogP) is 2.09. The summed E-state index contributed by atoms with van der Waals surface area (Å²) in [5, 5.41) is 9.08. The largest absolute Gasteiger partial charge is 0.478 e. The molecule has 1 aliphatic heterocycles. The third kappa shape index (κ3) is 2.10. The fourth-order valence-electron chi connectivity index (χ4n) is 2.41. The molecule has 1 aromatic heterocycles. The van der Waals surface area contributed by atoms with E-state index in [1.807, 2.05) is 0 Å². The molecule has 1 fully saturated rings. The lowest BCUT2D eigenvalue weighted by atomic mass is 10.1. The van der Waals surface area contributed by atoms with Gasteiger partial charge in [-0.15, -0.1) is 0 Å². The van der Waals surface area contributed by atoms with Crippen LogP contribution in [0, 0.1) is 0 Å². The molecule has 0 bridgehead atoms. The minimum Gasteiger partial charge on any atom is -0.478 e. The van der Waals surface area contributed by atoms with E-state index in [2.05, 4.69) is 16.5 Å². The maximum Gasteiger partial charge on any atom is 0.335 e. The molecule has 3 rings (SSSR count). The molecule has 0 amide bonds. The van der Waals surface area contributed by atoms with Crippen molar-refractivity contribution in [2.75, 3.05) is 6.61 Å². The lowest BCUT2D eigenvalue weighted by Gasteiger charge is -2.27. The van der Waals surface area contributed by atoms with Crippen LogP contribution in [0.5, 0.6) is 0 Å². The lowest BCUT2D eigenvalue weighted by Crippen LogP contribution is -2.31. The summed E-state index contributed by atoms with van der Waals surface area (Å²) in [5.74, 6) is 0.0700. The van der Waals surface area contributed by atoms with E-state index in [0.29, 0.717) is 5.56 Å². The number of hydrogen-bond acceptors (Lipinski definition) is 3. The molecule has 1 atom stereocenters. The van der Waals surface area contributed by atoms with Crippen LogP contribution in [0.25, 0.3) is 11.0 Å². The Hall–Kier alpha value is -1.88. The number of carboxylic acids is 1. The number of carbonyl (C=O) groups is 1. The molecule has 2 aromatic rings. The van der Waals surface area contributed by atoms with E-state index >= 15 is 0 Å². The van der Waals surface area contributed by atoms with Gasteiger partial charge in [0.2, 0.25) is 0 Å². The second-order valence-electron chi connectivity index (χ2n) is 4.78. The Labute approximate surface area is 110 Å². The number of hydrogen-bond donors (Lipinski definition) is 1. The number of ether oxygens (including phenoxy) is 1. The Bertz CT molecular complexity index is 629. The smallest absolute Gasteiger partial charge is 0.335 e. The maximum absolute atomic E-state index is 11.1. The van der Waals surface area contributed by atoms with Crippen LogP contribution in [-0.4, -0.2) is 33.3 Å². The zero-order chi connectivity index (χ0) is 13.4. The molecule has 1 saturated heterocycles. The van der Waals surface area contributed by atoms with Gasteiger partial charge in [0.25, 0.3) is 0 Å². The molecule has 0 radical (unpaired) electrons. The molecule has 5 nitrogen and oxygen atoms in total. The van der Waals surface area contributed by atoms with Crippen molar-refractivity contribution in [2.45, 2.75) is 32.4 Å². The summed E-state index contributed by atoms with van der Waals surface area (Å²) >= 11 is 0. The fraction of sp³-hybridized carbons (Fsp3) is 0.429. The average molecular weight is 260 g/mol. The zero-order valence-electron chi connectivity index (χ0n) is 10.8. The molecule has 1 unspecified atom stereocenters. The molecule has 1 aromatic carbocycles. The van der Waals surface area contributed by atoms with Gasteiger partial charge in [-0.05, 0) is 24.6 Å². The van der Waals surface area contributed by atoms with Crippen LogP contribution < -0.4 is 0 Å². The van der Waals surface area contributed by atoms with Gasteiger partial charge in [-0.2, -0.15) is 0 Å². The van der Waals surface area contributed by atoms with Crippen molar-refractivity contribution in [3.05, 3.63) is 29.6 Å². The quantitative estimate of drug-likeness (QED) is 0.914. The number of aryl methyl sites for hydroxylation is 1. The van der Waals surface area contributed by atoms with Crippen LogP contribution in [0.4, 0.5) is 0 Å². The molecule has 2 heterocycles. The van der Waals surface area contributed by atoms with Crippen molar-refractivity contribution in [1.29, 1.82) is 0 Å². The Morgan fingerprint density at radius 1 is 1.58 bits per heavy atom. The summed E-state index contributed by atoms with van der Waals surface area (Å²) in [6.07, 6.45) is 2.11. The maximum atomic E-state index is 11.1. The minimum atomic E-state index is -0.910. The van der Waals surface area contributed by atoms with E-state index in [9.17, 15) is 4.79 Å². The van der Waals surface area contributed by atoms with Gasteiger partial charge in [0.05, 0.1) is 29.2 Å². The Kier molecular flexibility index (Phi) is 2.98. The first-order valence-electron chi connectivity index (χ1n) is 6.53. The molecule has 1 aliphatic rings. The summed E-state index contributed by atoms with van der Waals surface area (Å²) in [6.45, 7) is 3.62. The number of fused-ring (bicyclic) bond motifs is 1. The summed E-state index contributed by atoms with van der Waals surface area (Å²) < 4.78 is 7.55. The van der Waals surface area contributed by atoms with Gasteiger partial charge in [0.1, 0.15) is 5.82 Å². The van der Waals surface area contributed by atoms with Crippen LogP contribution in [0.15, 0.2) is 18.2 Å². The van der Waals surface area contributed by atoms with E-state index in [1.165, 1.54) is 0 Å². The molecule has 0 spiro atoms. The van der Waals surface area contributed by atoms with Gasteiger partial charge in [0.15, 0.2) is 0 Å². The van der Waals surface area contributed by atoms with E-state index in [4.69, 9.17) is 9.84 Å². The normalized spacial score (nSPS) is 18.5. The molecule has 19 heavy (non-hydrogen) atoms. The Balaban J connectivity index is 2.08. The van der Waals surface area contributed by atoms with Gasteiger partial charge >= 0.3 is 5.97 Å². The molecule has 5 heteroatoms. The molecule has 100 valence electrons. The van der Waals surface area contributed by atoms with Crippen molar-refractivity contribution >= 4 is 17.0 Å². The van der Waals surface area contributed by atoms with Crippen LogP contribution in [0.1, 0.15) is 29.5 Å². The number of carboxylic acid groups (broad SMARTS) is 1. The van der Waals surface area contributed by atoms with Crippen molar-refractivity contribution < 1.29 is 14.6 Å². The number of aromatic carboxylic acids is 1. The van der Waals surface area contributed by atoms with Crippen molar-refractivity contribution in [3.63, 3.8) is 0 Å². The Morgan fingerprint density at radius 3 is 2.95 bits per heavy atom. The van der Waals surface area contributed by atoms with Crippen molar-refractivity contribution in [2.24, 2.45) is 0 Å². The number of nitrogens with zero attached hydrogens (tertiary/aromatic N) is 2. The highest BCUT2D eigenvalue weighted by molar-refractivity contribution is 5.92. The molecular formula is C14H16N2O3. The Morgan fingerprint density at radius 2 is 2.37 bits per heavy atom. The monoisotopic (exact) mass is 260 g/mol. The van der Waals surface area contributed by atoms with Crippen molar-refractivity contribution in [1.82, 2.24) is 9.55 Å². The fourth-order valence-corrected chi connectivity index (χ4v) is 2.41. The van der Waals surface area contributed by atoms with E-state index in [-0.39, 0.29) is 6.10 Å². The predicted molar refractivity (Wildman–Crippen MR) is 70.4 cm³/mol. The first-order valence-corrected chi connectivity index (χ1v) is 6.53. The summed E-state index contributed by atoms with van der Waals surface area (Å²) in [7, 11) is 0. The molecule has 0 saturated carbocycles. The molecular weight excluding hydrogens is 244 g/mol. The third-order valence-electron chi connectivity index (χ3n) is 3.57. The number of benzene rings is 1. The zero-order valence-corrected chi connectivity index (χ0v) is 10.8. The second-order valence-corrected chi connectivity index (χ2v) is 4.78. The average Bonchev–Trinajstić information content (AvgIpc) is 2.70. The highest BCUT2D eigenvalue weighted by Crippen LogP contribution is 2.22. The number of imidazole rings is 1. The van der Waals surface area contributed by atoms with E-state index in [0.717, 1.165) is 42.9 Å². The topological polar surface area (TPSA) is 64.3 Å². The van der Waals surface area contributed by atoms with Crippen LogP contribution in [0.2, 0.25) is 0 Å². The van der Waals surface area contributed by atoms with E-state index in [1.54, 1.807) is 18.2 Å². The van der Waals surface area contributed by atoms with Gasteiger partial charge in [-0.1, -0.05) is 6.92 Å². The lowest BCUT2D eigenvalue weighted by molar-refractivity contribution is -0.0589. The van der Waals surface area contributed by atoms with Crippen LogP contribution in [-0.2, 0) is 17.7 Å². The van der Waals surface area contributed by atoms with Gasteiger partial charge in [-0.3, -0.25) is 0 Å². The first-order chi connectivity index (χ1) is 9.19. The van der Waals surface area contributed by atoms with Gasteiger partial charge in [0, 0.05) is 13.0 Å². The highest BCUT2D eigenvalue weighted by Gasteiger charge is 2.21. The SMILES string of the molecule is CCc1nc2ccc(C(=O)O)cc2n1CC1CCO1.